The zero-order valence-corrected chi connectivity index (χ0v) is 16.3. The Balaban J connectivity index is 1.71. The van der Waals surface area contributed by atoms with E-state index < -0.39 is 5.97 Å². The summed E-state index contributed by atoms with van der Waals surface area (Å²) in [4.78, 5) is 29.3. The van der Waals surface area contributed by atoms with Gasteiger partial charge in [0.05, 0.1) is 10.4 Å². The van der Waals surface area contributed by atoms with Crippen molar-refractivity contribution in [2.24, 2.45) is 0 Å². The number of aromatic nitrogens is 1. The molecule has 0 fully saturated rings. The normalized spacial score (nSPS) is 11.1. The standard InChI is InChI=1S/C21H14ClNO4S/c1-11-6-7-13(14(22)8-11)19-18(21(25)26)12(10-28-19)9-16(24)20-23-15-4-2-3-5-17(15)27-20/h2-8,10H,9H2,1H3,(H,25,26). The second-order valence-electron chi connectivity index (χ2n) is 6.34. The number of hydrogen-bond acceptors (Lipinski definition) is 5. The van der Waals surface area contributed by atoms with Crippen molar-refractivity contribution in [3.63, 3.8) is 0 Å². The van der Waals surface area contributed by atoms with E-state index in [9.17, 15) is 14.7 Å². The fourth-order valence-corrected chi connectivity index (χ4v) is 4.49. The van der Waals surface area contributed by atoms with E-state index in [1.807, 2.05) is 13.0 Å². The Kier molecular flexibility index (Phi) is 4.75. The lowest BCUT2D eigenvalue weighted by atomic mass is 10.0. The maximum Gasteiger partial charge on any atom is 0.337 e. The quantitative estimate of drug-likeness (QED) is 0.430. The Morgan fingerprint density at radius 2 is 2.00 bits per heavy atom. The van der Waals surface area contributed by atoms with Crippen molar-refractivity contribution in [1.29, 1.82) is 0 Å². The van der Waals surface area contributed by atoms with E-state index in [-0.39, 0.29) is 23.7 Å². The van der Waals surface area contributed by atoms with Crippen LogP contribution in [0.5, 0.6) is 0 Å². The number of carboxylic acid groups (broad SMARTS) is 1. The summed E-state index contributed by atoms with van der Waals surface area (Å²) in [6.45, 7) is 1.91. The van der Waals surface area contributed by atoms with Crippen LogP contribution in [-0.2, 0) is 6.42 Å². The van der Waals surface area contributed by atoms with Crippen molar-refractivity contribution in [2.75, 3.05) is 0 Å². The molecule has 0 aliphatic heterocycles. The number of rotatable bonds is 5. The highest BCUT2D eigenvalue weighted by atomic mass is 35.5. The minimum absolute atomic E-state index is 0.0290. The predicted molar refractivity (Wildman–Crippen MR) is 109 cm³/mol. The molecule has 4 aromatic rings. The minimum Gasteiger partial charge on any atom is -0.478 e. The molecule has 7 heteroatoms. The van der Waals surface area contributed by atoms with E-state index >= 15 is 0 Å². The molecular formula is C21H14ClNO4S. The molecule has 28 heavy (non-hydrogen) atoms. The van der Waals surface area contributed by atoms with Crippen LogP contribution in [0.25, 0.3) is 21.5 Å². The van der Waals surface area contributed by atoms with Crippen LogP contribution in [0.2, 0.25) is 5.02 Å². The fourth-order valence-electron chi connectivity index (χ4n) is 3.00. The third kappa shape index (κ3) is 3.32. The Labute approximate surface area is 169 Å². The number of carbonyl (C=O) groups is 2. The first-order valence-electron chi connectivity index (χ1n) is 8.43. The van der Waals surface area contributed by atoms with Gasteiger partial charge >= 0.3 is 5.97 Å². The SMILES string of the molecule is Cc1ccc(-c2scc(CC(=O)c3nc4ccccc4o3)c2C(=O)O)c(Cl)c1. The van der Waals surface area contributed by atoms with E-state index in [4.69, 9.17) is 16.0 Å². The van der Waals surface area contributed by atoms with Crippen LogP contribution in [-0.4, -0.2) is 21.8 Å². The van der Waals surface area contributed by atoms with Crippen LogP contribution in [0.3, 0.4) is 0 Å². The van der Waals surface area contributed by atoms with E-state index in [0.29, 0.717) is 32.1 Å². The molecule has 0 atom stereocenters. The zero-order chi connectivity index (χ0) is 19.8. The van der Waals surface area contributed by atoms with Gasteiger partial charge in [-0.1, -0.05) is 35.9 Å². The summed E-state index contributed by atoms with van der Waals surface area (Å²) >= 11 is 7.57. The highest BCUT2D eigenvalue weighted by Crippen LogP contribution is 2.38. The van der Waals surface area contributed by atoms with Crippen LogP contribution in [0.15, 0.2) is 52.3 Å². The molecule has 0 unspecified atom stereocenters. The number of hydrogen-bond donors (Lipinski definition) is 1. The van der Waals surface area contributed by atoms with Gasteiger partial charge in [-0.05, 0) is 41.6 Å². The van der Waals surface area contributed by atoms with Crippen LogP contribution in [0.1, 0.15) is 32.2 Å². The molecule has 0 aliphatic carbocycles. The molecule has 5 nitrogen and oxygen atoms in total. The highest BCUT2D eigenvalue weighted by Gasteiger charge is 2.24. The summed E-state index contributed by atoms with van der Waals surface area (Å²) in [5.74, 6) is -1.51. The number of aromatic carboxylic acids is 1. The molecular weight excluding hydrogens is 398 g/mol. The average molecular weight is 412 g/mol. The lowest BCUT2D eigenvalue weighted by Gasteiger charge is -2.06. The Morgan fingerprint density at radius 1 is 1.21 bits per heavy atom. The first-order chi connectivity index (χ1) is 13.4. The van der Waals surface area contributed by atoms with Gasteiger partial charge < -0.3 is 9.52 Å². The van der Waals surface area contributed by atoms with Gasteiger partial charge in [0.25, 0.3) is 5.89 Å². The molecule has 2 heterocycles. The largest absolute Gasteiger partial charge is 0.478 e. The maximum absolute atomic E-state index is 12.6. The van der Waals surface area contributed by atoms with Gasteiger partial charge in [-0.3, -0.25) is 4.79 Å². The minimum atomic E-state index is -1.10. The maximum atomic E-state index is 12.6. The summed E-state index contributed by atoms with van der Waals surface area (Å²) in [6.07, 6.45) is -0.117. The van der Waals surface area contributed by atoms with Crippen LogP contribution in [0.4, 0.5) is 0 Å². The second-order valence-corrected chi connectivity index (χ2v) is 7.63. The van der Waals surface area contributed by atoms with E-state index in [1.54, 1.807) is 41.8 Å². The summed E-state index contributed by atoms with van der Waals surface area (Å²) in [6, 6.07) is 12.5. The van der Waals surface area contributed by atoms with Crippen molar-refractivity contribution in [2.45, 2.75) is 13.3 Å². The molecule has 2 aromatic heterocycles. The van der Waals surface area contributed by atoms with Gasteiger partial charge in [-0.15, -0.1) is 11.3 Å². The van der Waals surface area contributed by atoms with Crippen molar-refractivity contribution < 1.29 is 19.1 Å². The van der Waals surface area contributed by atoms with Crippen molar-refractivity contribution in [3.8, 4) is 10.4 Å². The number of oxazole rings is 1. The summed E-state index contributed by atoms with van der Waals surface area (Å²) < 4.78 is 5.50. The number of ketones is 1. The molecule has 0 radical (unpaired) electrons. The number of fused-ring (bicyclic) bond motifs is 1. The third-order valence-corrected chi connectivity index (χ3v) is 5.71. The average Bonchev–Trinajstić information content (AvgIpc) is 3.26. The lowest BCUT2D eigenvalue weighted by Crippen LogP contribution is -2.08. The summed E-state index contributed by atoms with van der Waals surface area (Å²) in [5, 5.41) is 11.9. The second kappa shape index (κ2) is 7.22. The Hall–Kier alpha value is -2.96. The van der Waals surface area contributed by atoms with Crippen molar-refractivity contribution in [3.05, 3.63) is 75.4 Å². The number of benzene rings is 2. The van der Waals surface area contributed by atoms with Crippen molar-refractivity contribution >= 4 is 45.8 Å². The smallest absolute Gasteiger partial charge is 0.337 e. The highest BCUT2D eigenvalue weighted by molar-refractivity contribution is 7.14. The fraction of sp³-hybridized carbons (Fsp3) is 0.0952. The van der Waals surface area contributed by atoms with Gasteiger partial charge in [0.2, 0.25) is 5.78 Å². The molecule has 4 rings (SSSR count). The number of carboxylic acids is 1. The number of halogens is 1. The summed E-state index contributed by atoms with van der Waals surface area (Å²) in [5.41, 5.74) is 3.21. The molecule has 0 bridgehead atoms. The molecule has 0 aliphatic rings. The molecule has 2 aromatic carbocycles. The molecule has 1 N–H and O–H groups in total. The molecule has 140 valence electrons. The van der Waals surface area contributed by atoms with Gasteiger partial charge in [-0.2, -0.15) is 0 Å². The van der Waals surface area contributed by atoms with E-state index in [2.05, 4.69) is 4.98 Å². The topological polar surface area (TPSA) is 80.4 Å². The molecule has 0 spiro atoms. The lowest BCUT2D eigenvalue weighted by molar-refractivity contribution is 0.0697. The van der Waals surface area contributed by atoms with Crippen LogP contribution >= 0.6 is 22.9 Å². The zero-order valence-electron chi connectivity index (χ0n) is 14.7. The monoisotopic (exact) mass is 411 g/mol. The number of thiophene rings is 1. The molecule has 0 saturated carbocycles. The third-order valence-electron chi connectivity index (χ3n) is 4.33. The molecule has 0 saturated heterocycles. The van der Waals surface area contributed by atoms with Gasteiger partial charge in [-0.25, -0.2) is 9.78 Å². The number of para-hydroxylation sites is 2. The van der Waals surface area contributed by atoms with E-state index in [0.717, 1.165) is 5.56 Å². The number of nitrogens with zero attached hydrogens (tertiary/aromatic N) is 1. The van der Waals surface area contributed by atoms with Gasteiger partial charge in [0.1, 0.15) is 5.52 Å². The summed E-state index contributed by atoms with van der Waals surface area (Å²) in [7, 11) is 0. The van der Waals surface area contributed by atoms with Crippen LogP contribution < -0.4 is 0 Å². The predicted octanol–water partition coefficient (Wildman–Crippen LogP) is 5.64. The number of Topliss-reactive ketones (excluding diaryl/α,β-unsaturated/α-hetero) is 1. The van der Waals surface area contributed by atoms with Gasteiger partial charge in [0, 0.05) is 17.0 Å². The number of aryl methyl sites for hydroxylation is 1. The number of carbonyl (C=O) groups excluding carboxylic acids is 1. The molecule has 0 amide bonds. The van der Waals surface area contributed by atoms with Crippen molar-refractivity contribution in [1.82, 2.24) is 4.98 Å². The first kappa shape index (κ1) is 18.4. The Morgan fingerprint density at radius 3 is 2.71 bits per heavy atom. The first-order valence-corrected chi connectivity index (χ1v) is 9.68. The Bertz CT molecular complexity index is 1190. The van der Waals surface area contributed by atoms with E-state index in [1.165, 1.54) is 11.3 Å². The van der Waals surface area contributed by atoms with Gasteiger partial charge in [0.15, 0.2) is 5.58 Å². The van der Waals surface area contributed by atoms with Crippen LogP contribution in [0, 0.1) is 6.92 Å².